The molecule has 4 heteroatoms. The number of halogens is 1. The van der Waals surface area contributed by atoms with Crippen molar-refractivity contribution in [2.45, 2.75) is 0 Å². The second-order valence-electron chi connectivity index (χ2n) is 2.54. The maximum atomic E-state index is 10.6. The Morgan fingerprint density at radius 2 is 2.15 bits per heavy atom. The fourth-order valence-electron chi connectivity index (χ4n) is 1.18. The fourth-order valence-corrected chi connectivity index (χ4v) is 1.28. The molecular formula is C9H6ClNO2. The number of hydrogen-bond donors (Lipinski definition) is 1. The summed E-state index contributed by atoms with van der Waals surface area (Å²) in [5.74, 6) is 0. The highest BCUT2D eigenvalue weighted by atomic mass is 35.5. The van der Waals surface area contributed by atoms with Gasteiger partial charge in [0.15, 0.2) is 0 Å². The number of furan rings is 1. The van der Waals surface area contributed by atoms with Crippen LogP contribution in [0.3, 0.4) is 0 Å². The highest BCUT2D eigenvalue weighted by Gasteiger charge is 2.05. The predicted molar refractivity (Wildman–Crippen MR) is 51.1 cm³/mol. The molecule has 2 rings (SSSR count). The number of amides is 1. The van der Waals surface area contributed by atoms with E-state index >= 15 is 0 Å². The SMILES string of the molecule is O=C(Cl)Nc1coc2ccccc12. The number of benzene rings is 1. The Bertz CT molecular complexity index is 450. The zero-order valence-electron chi connectivity index (χ0n) is 6.58. The summed E-state index contributed by atoms with van der Waals surface area (Å²) in [4.78, 5) is 10.6. The summed E-state index contributed by atoms with van der Waals surface area (Å²) in [6.45, 7) is 0. The fraction of sp³-hybridized carbons (Fsp3) is 0. The van der Waals surface area contributed by atoms with Gasteiger partial charge < -0.3 is 9.73 Å². The Hall–Kier alpha value is -1.48. The van der Waals surface area contributed by atoms with Gasteiger partial charge in [-0.05, 0) is 23.7 Å². The number of anilines is 1. The number of rotatable bonds is 1. The second-order valence-corrected chi connectivity index (χ2v) is 2.89. The molecule has 0 atom stereocenters. The molecule has 1 heterocycles. The molecule has 0 bridgehead atoms. The van der Waals surface area contributed by atoms with Gasteiger partial charge in [-0.15, -0.1) is 0 Å². The summed E-state index contributed by atoms with van der Waals surface area (Å²) in [6, 6.07) is 7.39. The molecule has 3 nitrogen and oxygen atoms in total. The van der Waals surface area contributed by atoms with E-state index < -0.39 is 5.37 Å². The monoisotopic (exact) mass is 195 g/mol. The number of fused-ring (bicyclic) bond motifs is 1. The molecule has 66 valence electrons. The lowest BCUT2D eigenvalue weighted by Gasteiger charge is -1.94. The molecule has 13 heavy (non-hydrogen) atoms. The van der Waals surface area contributed by atoms with Gasteiger partial charge >= 0.3 is 5.37 Å². The van der Waals surface area contributed by atoms with Crippen LogP contribution < -0.4 is 5.32 Å². The Balaban J connectivity index is 2.51. The van der Waals surface area contributed by atoms with Gasteiger partial charge in [-0.1, -0.05) is 12.1 Å². The molecule has 1 amide bonds. The van der Waals surface area contributed by atoms with E-state index in [0.717, 1.165) is 11.0 Å². The van der Waals surface area contributed by atoms with Crippen molar-refractivity contribution >= 4 is 33.6 Å². The van der Waals surface area contributed by atoms with Crippen LogP contribution in [0.15, 0.2) is 34.9 Å². The summed E-state index contributed by atoms with van der Waals surface area (Å²) in [5.41, 5.74) is 1.32. The largest absolute Gasteiger partial charge is 0.462 e. The van der Waals surface area contributed by atoms with E-state index in [1.807, 2.05) is 24.3 Å². The molecule has 2 aromatic rings. The maximum Gasteiger partial charge on any atom is 0.318 e. The van der Waals surface area contributed by atoms with Crippen molar-refractivity contribution in [3.05, 3.63) is 30.5 Å². The van der Waals surface area contributed by atoms with E-state index in [-0.39, 0.29) is 0 Å². The Morgan fingerprint density at radius 1 is 1.38 bits per heavy atom. The third-order valence-electron chi connectivity index (χ3n) is 1.71. The molecule has 0 aliphatic carbocycles. The lowest BCUT2D eigenvalue weighted by Crippen LogP contribution is -1.99. The standard InChI is InChI=1S/C9H6ClNO2/c10-9(12)11-7-5-13-8-4-2-1-3-6(7)8/h1-5H,(H,11,12). The minimum absolute atomic E-state index is 0.593. The molecule has 1 N–H and O–H groups in total. The van der Waals surface area contributed by atoms with Gasteiger partial charge in [0.2, 0.25) is 0 Å². The Labute approximate surface area is 79.3 Å². The van der Waals surface area contributed by atoms with Gasteiger partial charge in [0, 0.05) is 5.39 Å². The van der Waals surface area contributed by atoms with Crippen LogP contribution >= 0.6 is 11.6 Å². The summed E-state index contributed by atoms with van der Waals surface area (Å²) < 4.78 is 5.18. The van der Waals surface area contributed by atoms with E-state index in [9.17, 15) is 4.79 Å². The second kappa shape index (κ2) is 3.11. The Morgan fingerprint density at radius 3 is 2.92 bits per heavy atom. The minimum atomic E-state index is -0.619. The highest BCUT2D eigenvalue weighted by molar-refractivity contribution is 6.65. The van der Waals surface area contributed by atoms with Crippen LogP contribution in [0, 0.1) is 0 Å². The van der Waals surface area contributed by atoms with E-state index in [1.54, 1.807) is 0 Å². The summed E-state index contributed by atoms with van der Waals surface area (Å²) in [6.07, 6.45) is 1.46. The van der Waals surface area contributed by atoms with Crippen LogP contribution in [0.2, 0.25) is 0 Å². The van der Waals surface area contributed by atoms with Crippen LogP contribution in [0.25, 0.3) is 11.0 Å². The maximum absolute atomic E-state index is 10.6. The zero-order chi connectivity index (χ0) is 9.26. The first kappa shape index (κ1) is 8.13. The van der Waals surface area contributed by atoms with E-state index in [0.29, 0.717) is 5.69 Å². The third kappa shape index (κ3) is 1.51. The molecule has 0 radical (unpaired) electrons. The van der Waals surface area contributed by atoms with Crippen LogP contribution in [0.1, 0.15) is 0 Å². The predicted octanol–water partition coefficient (Wildman–Crippen LogP) is 3.20. The highest BCUT2D eigenvalue weighted by Crippen LogP contribution is 2.25. The first-order valence-electron chi connectivity index (χ1n) is 3.70. The number of carbonyl (C=O) groups excluding carboxylic acids is 1. The van der Waals surface area contributed by atoms with Crippen molar-refractivity contribution in [3.63, 3.8) is 0 Å². The molecule has 0 aliphatic rings. The Kier molecular flexibility index (Phi) is 1.94. The average molecular weight is 196 g/mol. The number of hydrogen-bond acceptors (Lipinski definition) is 2. The van der Waals surface area contributed by atoms with Crippen molar-refractivity contribution in [2.75, 3.05) is 5.32 Å². The van der Waals surface area contributed by atoms with Gasteiger partial charge in [0.25, 0.3) is 0 Å². The summed E-state index contributed by atoms with van der Waals surface area (Å²) in [5, 5.41) is 2.69. The zero-order valence-corrected chi connectivity index (χ0v) is 7.34. The minimum Gasteiger partial charge on any atom is -0.462 e. The van der Waals surface area contributed by atoms with E-state index in [4.69, 9.17) is 16.0 Å². The van der Waals surface area contributed by atoms with Gasteiger partial charge in [0.05, 0.1) is 5.69 Å². The van der Waals surface area contributed by atoms with Crippen molar-refractivity contribution in [1.82, 2.24) is 0 Å². The van der Waals surface area contributed by atoms with Crippen LogP contribution in [-0.4, -0.2) is 5.37 Å². The first-order valence-corrected chi connectivity index (χ1v) is 4.08. The quantitative estimate of drug-likeness (QED) is 0.561. The lowest BCUT2D eigenvalue weighted by molar-refractivity contribution is 0.269. The molecule has 0 fully saturated rings. The summed E-state index contributed by atoms with van der Waals surface area (Å²) in [7, 11) is 0. The first-order chi connectivity index (χ1) is 6.27. The molecule has 0 saturated heterocycles. The van der Waals surface area contributed by atoms with Crippen molar-refractivity contribution in [1.29, 1.82) is 0 Å². The lowest BCUT2D eigenvalue weighted by atomic mass is 10.2. The van der Waals surface area contributed by atoms with Gasteiger partial charge in [-0.25, -0.2) is 0 Å². The van der Waals surface area contributed by atoms with Crippen molar-refractivity contribution in [2.24, 2.45) is 0 Å². The molecule has 0 saturated carbocycles. The van der Waals surface area contributed by atoms with Crippen LogP contribution in [0.4, 0.5) is 10.5 Å². The van der Waals surface area contributed by atoms with Crippen LogP contribution in [-0.2, 0) is 0 Å². The van der Waals surface area contributed by atoms with Crippen molar-refractivity contribution in [3.8, 4) is 0 Å². The topological polar surface area (TPSA) is 42.2 Å². The van der Waals surface area contributed by atoms with E-state index in [1.165, 1.54) is 6.26 Å². The van der Waals surface area contributed by atoms with E-state index in [2.05, 4.69) is 5.32 Å². The van der Waals surface area contributed by atoms with Crippen LogP contribution in [0.5, 0.6) is 0 Å². The molecule has 0 aliphatic heterocycles. The smallest absolute Gasteiger partial charge is 0.318 e. The molecule has 1 aromatic heterocycles. The molecular weight excluding hydrogens is 190 g/mol. The van der Waals surface area contributed by atoms with Gasteiger partial charge in [0.1, 0.15) is 11.8 Å². The van der Waals surface area contributed by atoms with Gasteiger partial charge in [-0.3, -0.25) is 4.79 Å². The van der Waals surface area contributed by atoms with Crippen molar-refractivity contribution < 1.29 is 9.21 Å². The third-order valence-corrected chi connectivity index (χ3v) is 1.81. The molecule has 0 unspecified atom stereocenters. The molecule has 0 spiro atoms. The number of carbonyl (C=O) groups is 1. The number of para-hydroxylation sites is 1. The van der Waals surface area contributed by atoms with Gasteiger partial charge in [-0.2, -0.15) is 0 Å². The molecule has 1 aromatic carbocycles. The normalized spacial score (nSPS) is 10.2. The number of nitrogens with one attached hydrogen (secondary N) is 1. The average Bonchev–Trinajstić information content (AvgIpc) is 2.48. The summed E-state index contributed by atoms with van der Waals surface area (Å²) >= 11 is 5.18.